The zero-order valence-corrected chi connectivity index (χ0v) is 12.4. The number of nitrogens with zero attached hydrogens (tertiary/aromatic N) is 1. The van der Waals surface area contributed by atoms with E-state index in [0.29, 0.717) is 17.4 Å². The molecule has 19 heavy (non-hydrogen) atoms. The number of carbonyl (C=O) groups is 2. The molecule has 1 aromatic carbocycles. The highest BCUT2D eigenvalue weighted by Gasteiger charge is 2.20. The standard InChI is InChI=1S/C13H15BrFNO3/c1-3-6-16(8-12(17)19-2)13(18)10-7-9(15)4-5-11(10)14/h4-5,7H,3,6,8H2,1-2H3. The third-order valence-electron chi connectivity index (χ3n) is 2.49. The highest BCUT2D eigenvalue weighted by molar-refractivity contribution is 9.10. The van der Waals surface area contributed by atoms with Gasteiger partial charge in [-0.25, -0.2) is 4.39 Å². The normalized spacial score (nSPS) is 10.1. The van der Waals surface area contributed by atoms with E-state index in [-0.39, 0.29) is 12.1 Å². The van der Waals surface area contributed by atoms with Crippen LogP contribution in [-0.4, -0.2) is 37.0 Å². The molecule has 6 heteroatoms. The number of benzene rings is 1. The summed E-state index contributed by atoms with van der Waals surface area (Å²) in [5, 5.41) is 0. The molecule has 0 aromatic heterocycles. The Hall–Kier alpha value is -1.43. The van der Waals surface area contributed by atoms with Gasteiger partial charge in [-0.1, -0.05) is 6.92 Å². The van der Waals surface area contributed by atoms with Crippen molar-refractivity contribution in [3.63, 3.8) is 0 Å². The van der Waals surface area contributed by atoms with E-state index in [1.165, 1.54) is 24.1 Å². The van der Waals surface area contributed by atoms with Gasteiger partial charge in [0.25, 0.3) is 5.91 Å². The lowest BCUT2D eigenvalue weighted by Gasteiger charge is -2.21. The molecule has 0 aliphatic carbocycles. The van der Waals surface area contributed by atoms with Gasteiger partial charge in [-0.2, -0.15) is 0 Å². The molecule has 0 radical (unpaired) electrons. The molecule has 0 spiro atoms. The Morgan fingerprint density at radius 2 is 2.11 bits per heavy atom. The first-order valence-corrected chi connectivity index (χ1v) is 6.60. The third-order valence-corrected chi connectivity index (χ3v) is 3.18. The average molecular weight is 332 g/mol. The maximum atomic E-state index is 13.2. The Labute approximate surface area is 119 Å². The largest absolute Gasteiger partial charge is 0.468 e. The second-order valence-corrected chi connectivity index (χ2v) is 4.78. The van der Waals surface area contributed by atoms with Crippen molar-refractivity contribution in [1.82, 2.24) is 4.90 Å². The minimum absolute atomic E-state index is 0.147. The van der Waals surface area contributed by atoms with E-state index in [2.05, 4.69) is 20.7 Å². The lowest BCUT2D eigenvalue weighted by atomic mass is 10.2. The van der Waals surface area contributed by atoms with Gasteiger partial charge in [0, 0.05) is 11.0 Å². The van der Waals surface area contributed by atoms with Gasteiger partial charge >= 0.3 is 5.97 Å². The first kappa shape index (κ1) is 15.6. The first-order valence-electron chi connectivity index (χ1n) is 5.80. The molecule has 0 saturated carbocycles. The van der Waals surface area contributed by atoms with Crippen LogP contribution in [-0.2, 0) is 9.53 Å². The fourth-order valence-electron chi connectivity index (χ4n) is 1.57. The predicted molar refractivity (Wildman–Crippen MR) is 72.3 cm³/mol. The third kappa shape index (κ3) is 4.31. The smallest absolute Gasteiger partial charge is 0.325 e. The summed E-state index contributed by atoms with van der Waals surface area (Å²) < 4.78 is 18.2. The number of rotatable bonds is 5. The van der Waals surface area contributed by atoms with Crippen molar-refractivity contribution in [2.75, 3.05) is 20.2 Å². The molecule has 0 unspecified atom stereocenters. The molecule has 0 heterocycles. The number of ether oxygens (including phenoxy) is 1. The molecule has 0 N–H and O–H groups in total. The van der Waals surface area contributed by atoms with Gasteiger partial charge < -0.3 is 9.64 Å². The molecule has 0 bridgehead atoms. The SMILES string of the molecule is CCCN(CC(=O)OC)C(=O)c1cc(F)ccc1Br. The van der Waals surface area contributed by atoms with E-state index < -0.39 is 17.7 Å². The maximum absolute atomic E-state index is 13.2. The Morgan fingerprint density at radius 3 is 2.68 bits per heavy atom. The van der Waals surface area contributed by atoms with Crippen LogP contribution in [0.15, 0.2) is 22.7 Å². The molecular formula is C13H15BrFNO3. The number of esters is 1. The number of amides is 1. The number of hydrogen-bond donors (Lipinski definition) is 0. The summed E-state index contributed by atoms with van der Waals surface area (Å²) in [5.41, 5.74) is 0.192. The van der Waals surface area contributed by atoms with E-state index >= 15 is 0 Å². The van der Waals surface area contributed by atoms with Gasteiger partial charge in [-0.3, -0.25) is 9.59 Å². The van der Waals surface area contributed by atoms with Crippen molar-refractivity contribution in [2.45, 2.75) is 13.3 Å². The van der Waals surface area contributed by atoms with Crippen LogP contribution < -0.4 is 0 Å². The van der Waals surface area contributed by atoms with Crippen molar-refractivity contribution in [3.05, 3.63) is 34.1 Å². The van der Waals surface area contributed by atoms with Crippen LogP contribution >= 0.6 is 15.9 Å². The van der Waals surface area contributed by atoms with Crippen LogP contribution in [0.1, 0.15) is 23.7 Å². The Balaban J connectivity index is 2.98. The fraction of sp³-hybridized carbons (Fsp3) is 0.385. The topological polar surface area (TPSA) is 46.6 Å². The average Bonchev–Trinajstić information content (AvgIpc) is 2.40. The van der Waals surface area contributed by atoms with Gasteiger partial charge in [0.15, 0.2) is 0 Å². The molecule has 0 aliphatic rings. The molecule has 1 rings (SSSR count). The highest BCUT2D eigenvalue weighted by Crippen LogP contribution is 2.19. The van der Waals surface area contributed by atoms with Gasteiger partial charge in [-0.05, 0) is 40.5 Å². The summed E-state index contributed by atoms with van der Waals surface area (Å²) in [5.74, 6) is -1.41. The van der Waals surface area contributed by atoms with Gasteiger partial charge in [0.2, 0.25) is 0 Å². The summed E-state index contributed by atoms with van der Waals surface area (Å²) >= 11 is 3.20. The summed E-state index contributed by atoms with van der Waals surface area (Å²) in [4.78, 5) is 24.9. The number of methoxy groups -OCH3 is 1. The molecule has 0 atom stereocenters. The van der Waals surface area contributed by atoms with E-state index in [0.717, 1.165) is 6.07 Å². The van der Waals surface area contributed by atoms with Crippen LogP contribution in [0.5, 0.6) is 0 Å². The summed E-state index contributed by atoms with van der Waals surface area (Å²) in [7, 11) is 1.26. The van der Waals surface area contributed by atoms with E-state index in [1.54, 1.807) is 0 Å². The molecule has 0 aliphatic heterocycles. The molecule has 0 saturated heterocycles. The van der Waals surface area contributed by atoms with Gasteiger partial charge in [0.05, 0.1) is 12.7 Å². The van der Waals surface area contributed by atoms with Crippen LogP contribution in [0.3, 0.4) is 0 Å². The summed E-state index contributed by atoms with van der Waals surface area (Å²) in [6, 6.07) is 3.86. The molecule has 1 amide bonds. The first-order chi connectivity index (χ1) is 8.99. The van der Waals surface area contributed by atoms with Crippen molar-refractivity contribution < 1.29 is 18.7 Å². The predicted octanol–water partition coefficient (Wildman–Crippen LogP) is 2.61. The number of halogens is 2. The summed E-state index contributed by atoms with van der Waals surface area (Å²) in [6.45, 7) is 2.14. The van der Waals surface area contributed by atoms with Crippen molar-refractivity contribution in [3.8, 4) is 0 Å². The highest BCUT2D eigenvalue weighted by atomic mass is 79.9. The fourth-order valence-corrected chi connectivity index (χ4v) is 1.99. The Kier molecular flexibility index (Phi) is 5.95. The van der Waals surface area contributed by atoms with E-state index in [1.807, 2.05) is 6.92 Å². The quantitative estimate of drug-likeness (QED) is 0.779. The van der Waals surface area contributed by atoms with Crippen molar-refractivity contribution >= 4 is 27.8 Å². The number of carbonyl (C=O) groups excluding carboxylic acids is 2. The molecule has 4 nitrogen and oxygen atoms in total. The molecule has 104 valence electrons. The molecular weight excluding hydrogens is 317 g/mol. The van der Waals surface area contributed by atoms with E-state index in [9.17, 15) is 14.0 Å². The molecule has 0 fully saturated rings. The monoisotopic (exact) mass is 331 g/mol. The second kappa shape index (κ2) is 7.23. The van der Waals surface area contributed by atoms with Gasteiger partial charge in [0.1, 0.15) is 12.4 Å². The van der Waals surface area contributed by atoms with Crippen LogP contribution in [0.25, 0.3) is 0 Å². The Bertz CT molecular complexity index is 479. The number of hydrogen-bond acceptors (Lipinski definition) is 3. The van der Waals surface area contributed by atoms with Crippen LogP contribution in [0.4, 0.5) is 4.39 Å². The Morgan fingerprint density at radius 1 is 1.42 bits per heavy atom. The lowest BCUT2D eigenvalue weighted by molar-refractivity contribution is -0.141. The zero-order valence-electron chi connectivity index (χ0n) is 10.8. The minimum atomic E-state index is -0.505. The lowest BCUT2D eigenvalue weighted by Crippen LogP contribution is -2.37. The summed E-state index contributed by atoms with van der Waals surface area (Å²) in [6.07, 6.45) is 0.690. The van der Waals surface area contributed by atoms with E-state index in [4.69, 9.17) is 0 Å². The van der Waals surface area contributed by atoms with Crippen LogP contribution in [0, 0.1) is 5.82 Å². The zero-order chi connectivity index (χ0) is 14.4. The van der Waals surface area contributed by atoms with Crippen molar-refractivity contribution in [2.24, 2.45) is 0 Å². The molecule has 1 aromatic rings. The maximum Gasteiger partial charge on any atom is 0.325 e. The van der Waals surface area contributed by atoms with Crippen molar-refractivity contribution in [1.29, 1.82) is 0 Å². The van der Waals surface area contributed by atoms with Crippen LogP contribution in [0.2, 0.25) is 0 Å². The second-order valence-electron chi connectivity index (χ2n) is 3.93. The van der Waals surface area contributed by atoms with Gasteiger partial charge in [-0.15, -0.1) is 0 Å². The minimum Gasteiger partial charge on any atom is -0.468 e.